The minimum Gasteiger partial charge on any atom is -0.258 e. The van der Waals surface area contributed by atoms with E-state index in [2.05, 4.69) is 4.98 Å². The molecule has 76 valence electrons. The van der Waals surface area contributed by atoms with Gasteiger partial charge in [-0.3, -0.25) is 10.1 Å². The number of aromatic nitrogens is 1. The van der Waals surface area contributed by atoms with E-state index in [1.165, 1.54) is 22.6 Å². The summed E-state index contributed by atoms with van der Waals surface area (Å²) >= 11 is 1.33. The monoisotopic (exact) mass is 318 g/mol. The van der Waals surface area contributed by atoms with Gasteiger partial charge < -0.3 is 0 Å². The van der Waals surface area contributed by atoms with Crippen molar-refractivity contribution in [1.29, 1.82) is 0 Å². The lowest BCUT2D eigenvalue weighted by Gasteiger charge is -2.01. The van der Waals surface area contributed by atoms with Gasteiger partial charge in [0.1, 0.15) is 5.69 Å². The van der Waals surface area contributed by atoms with Crippen molar-refractivity contribution in [2.45, 2.75) is 6.43 Å². The molecule has 4 nitrogen and oxygen atoms in total. The average Bonchev–Trinajstić information content (AvgIpc) is 2.01. The Morgan fingerprint density at radius 2 is 2.14 bits per heavy atom. The lowest BCUT2D eigenvalue weighted by molar-refractivity contribution is -0.388. The van der Waals surface area contributed by atoms with Gasteiger partial charge in [0.25, 0.3) is 6.43 Å². The molecular formula is C6H2F3IN2O2. The first-order valence-corrected chi connectivity index (χ1v) is 4.30. The van der Waals surface area contributed by atoms with Crippen LogP contribution in [0.3, 0.4) is 0 Å². The van der Waals surface area contributed by atoms with Gasteiger partial charge in [-0.25, -0.2) is 13.8 Å². The maximum Gasteiger partial charge on any atom is 0.336 e. The van der Waals surface area contributed by atoms with Gasteiger partial charge in [0.2, 0.25) is 5.82 Å². The highest BCUT2D eigenvalue weighted by Crippen LogP contribution is 2.26. The van der Waals surface area contributed by atoms with Crippen molar-refractivity contribution in [3.63, 3.8) is 0 Å². The maximum atomic E-state index is 12.9. The van der Waals surface area contributed by atoms with E-state index in [4.69, 9.17) is 0 Å². The Hall–Kier alpha value is -0.930. The highest BCUT2D eigenvalue weighted by Gasteiger charge is 2.23. The average molecular weight is 318 g/mol. The van der Waals surface area contributed by atoms with Crippen molar-refractivity contribution in [2.75, 3.05) is 0 Å². The normalized spacial score (nSPS) is 10.6. The van der Waals surface area contributed by atoms with Crippen LogP contribution >= 0.6 is 22.6 Å². The third-order valence-corrected chi connectivity index (χ3v) is 2.08. The van der Waals surface area contributed by atoms with Crippen molar-refractivity contribution >= 4 is 28.3 Å². The zero-order valence-corrected chi connectivity index (χ0v) is 8.53. The topological polar surface area (TPSA) is 56.0 Å². The molecule has 0 atom stereocenters. The first-order chi connectivity index (χ1) is 6.43. The first kappa shape index (κ1) is 11.1. The fourth-order valence-corrected chi connectivity index (χ4v) is 1.50. The fourth-order valence-electron chi connectivity index (χ4n) is 0.770. The predicted octanol–water partition coefficient (Wildman–Crippen LogP) is 2.67. The van der Waals surface area contributed by atoms with Crippen molar-refractivity contribution in [3.8, 4) is 0 Å². The van der Waals surface area contributed by atoms with E-state index in [1.807, 2.05) is 0 Å². The first-order valence-electron chi connectivity index (χ1n) is 3.22. The summed E-state index contributed by atoms with van der Waals surface area (Å²) in [6.07, 6.45) is -2.95. The fraction of sp³-hybridized carbons (Fsp3) is 0.167. The Labute approximate surface area is 89.4 Å². The van der Waals surface area contributed by atoms with Crippen molar-refractivity contribution in [3.05, 3.63) is 31.4 Å². The van der Waals surface area contributed by atoms with Crippen LogP contribution < -0.4 is 0 Å². The number of hydrogen-bond donors (Lipinski definition) is 0. The number of alkyl halides is 2. The number of nitrogens with zero attached hydrogens (tertiary/aromatic N) is 2. The van der Waals surface area contributed by atoms with E-state index in [0.29, 0.717) is 6.07 Å². The van der Waals surface area contributed by atoms with Crippen LogP contribution in [0.2, 0.25) is 0 Å². The van der Waals surface area contributed by atoms with E-state index in [-0.39, 0.29) is 3.70 Å². The number of nitro groups is 1. The zero-order chi connectivity index (χ0) is 10.9. The lowest BCUT2D eigenvalue weighted by Crippen LogP contribution is -2.02. The molecule has 8 heteroatoms. The third-order valence-electron chi connectivity index (χ3n) is 1.33. The second kappa shape index (κ2) is 4.07. The SMILES string of the molecule is O=[N+]([O-])c1c(F)cc(C(F)F)nc1I. The van der Waals surface area contributed by atoms with Crippen molar-refractivity contribution in [2.24, 2.45) is 0 Å². The van der Waals surface area contributed by atoms with E-state index < -0.39 is 28.5 Å². The molecule has 0 aliphatic rings. The van der Waals surface area contributed by atoms with Crippen LogP contribution in [0.1, 0.15) is 12.1 Å². The van der Waals surface area contributed by atoms with Crippen LogP contribution in [0.4, 0.5) is 18.9 Å². The minimum absolute atomic E-state index is 0.366. The molecule has 0 spiro atoms. The minimum atomic E-state index is -2.95. The van der Waals surface area contributed by atoms with Gasteiger partial charge in [0, 0.05) is 6.07 Å². The molecule has 14 heavy (non-hydrogen) atoms. The van der Waals surface area contributed by atoms with Gasteiger partial charge in [-0.2, -0.15) is 4.39 Å². The molecule has 1 aromatic heterocycles. The predicted molar refractivity (Wildman–Crippen MR) is 48.5 cm³/mol. The Morgan fingerprint density at radius 1 is 1.57 bits per heavy atom. The Bertz CT molecular complexity index is 362. The van der Waals surface area contributed by atoms with Gasteiger partial charge in [-0.05, 0) is 22.6 Å². The Kier molecular flexibility index (Phi) is 3.24. The molecule has 1 aromatic rings. The van der Waals surface area contributed by atoms with Crippen LogP contribution in [-0.2, 0) is 0 Å². The molecule has 1 rings (SSSR count). The molecule has 0 aromatic carbocycles. The van der Waals surface area contributed by atoms with Crippen molar-refractivity contribution < 1.29 is 18.1 Å². The lowest BCUT2D eigenvalue weighted by atomic mass is 10.3. The van der Waals surface area contributed by atoms with E-state index in [9.17, 15) is 23.3 Å². The summed E-state index contributed by atoms with van der Waals surface area (Å²) in [5.74, 6) is -1.30. The van der Waals surface area contributed by atoms with Crippen LogP contribution in [0, 0.1) is 19.6 Å². The second-order valence-electron chi connectivity index (χ2n) is 2.23. The summed E-state index contributed by atoms with van der Waals surface area (Å²) < 4.78 is 36.6. The molecule has 0 fully saturated rings. The number of hydrogen-bond acceptors (Lipinski definition) is 3. The van der Waals surface area contributed by atoms with Crippen molar-refractivity contribution in [1.82, 2.24) is 4.98 Å². The number of pyridine rings is 1. The van der Waals surface area contributed by atoms with Gasteiger partial charge >= 0.3 is 5.69 Å². The maximum absolute atomic E-state index is 12.9. The highest BCUT2D eigenvalue weighted by atomic mass is 127. The molecular weight excluding hydrogens is 316 g/mol. The number of halogens is 4. The van der Waals surface area contributed by atoms with Crippen LogP contribution in [0.25, 0.3) is 0 Å². The summed E-state index contributed by atoms with van der Waals surface area (Å²) in [4.78, 5) is 12.5. The van der Waals surface area contributed by atoms with E-state index in [1.54, 1.807) is 0 Å². The molecule has 0 saturated heterocycles. The molecule has 0 saturated carbocycles. The van der Waals surface area contributed by atoms with Gasteiger partial charge in [-0.15, -0.1) is 0 Å². The largest absolute Gasteiger partial charge is 0.336 e. The van der Waals surface area contributed by atoms with Gasteiger partial charge in [0.05, 0.1) is 4.92 Å². The molecule has 0 amide bonds. The second-order valence-corrected chi connectivity index (χ2v) is 3.25. The van der Waals surface area contributed by atoms with E-state index >= 15 is 0 Å². The number of rotatable bonds is 2. The van der Waals surface area contributed by atoms with Gasteiger partial charge in [-0.1, -0.05) is 0 Å². The zero-order valence-electron chi connectivity index (χ0n) is 6.38. The van der Waals surface area contributed by atoms with Gasteiger partial charge in [0.15, 0.2) is 3.70 Å². The molecule has 0 radical (unpaired) electrons. The Morgan fingerprint density at radius 3 is 2.50 bits per heavy atom. The molecule has 1 heterocycles. The van der Waals surface area contributed by atoms with Crippen LogP contribution in [0.15, 0.2) is 6.07 Å². The Balaban J connectivity index is 3.32. The summed E-state index contributed by atoms with van der Waals surface area (Å²) in [7, 11) is 0. The van der Waals surface area contributed by atoms with Crippen LogP contribution in [0.5, 0.6) is 0 Å². The van der Waals surface area contributed by atoms with E-state index in [0.717, 1.165) is 0 Å². The molecule has 0 unspecified atom stereocenters. The molecule has 0 N–H and O–H groups in total. The molecule has 0 bridgehead atoms. The molecule has 0 aliphatic carbocycles. The third kappa shape index (κ3) is 2.11. The molecule has 0 aliphatic heterocycles. The quantitative estimate of drug-likeness (QED) is 0.365. The highest BCUT2D eigenvalue weighted by molar-refractivity contribution is 14.1. The smallest absolute Gasteiger partial charge is 0.258 e. The summed E-state index contributed by atoms with van der Waals surface area (Å²) in [5.41, 5.74) is -1.69. The summed E-state index contributed by atoms with van der Waals surface area (Å²) in [6.45, 7) is 0. The standard InChI is InChI=1S/C6H2F3IN2O2/c7-2-1-3(5(8)9)11-6(10)4(2)12(13)14/h1,5H. The summed E-state index contributed by atoms with van der Waals surface area (Å²) in [5, 5.41) is 10.3. The van der Waals surface area contributed by atoms with Crippen LogP contribution in [-0.4, -0.2) is 9.91 Å². The summed E-state index contributed by atoms with van der Waals surface area (Å²) in [6, 6.07) is 0.366.